The highest BCUT2D eigenvalue weighted by Crippen LogP contribution is 2.33. The van der Waals surface area contributed by atoms with Gasteiger partial charge < -0.3 is 24.8 Å². The van der Waals surface area contributed by atoms with Crippen molar-refractivity contribution in [3.05, 3.63) is 54.1 Å². The van der Waals surface area contributed by atoms with E-state index in [0.29, 0.717) is 31.4 Å². The Balaban J connectivity index is 1.32. The summed E-state index contributed by atoms with van der Waals surface area (Å²) in [5, 5.41) is 2.86. The van der Waals surface area contributed by atoms with Crippen LogP contribution in [-0.4, -0.2) is 69.1 Å². The summed E-state index contributed by atoms with van der Waals surface area (Å²) in [6, 6.07) is 15.6. The van der Waals surface area contributed by atoms with E-state index in [1.54, 1.807) is 11.9 Å². The monoisotopic (exact) mass is 492 g/mol. The number of nitrogens with zero attached hydrogens (tertiary/aromatic N) is 3. The van der Waals surface area contributed by atoms with Crippen LogP contribution >= 0.6 is 0 Å². The predicted molar refractivity (Wildman–Crippen MR) is 141 cm³/mol. The molecule has 0 aromatic heterocycles. The highest BCUT2D eigenvalue weighted by Gasteiger charge is 2.37. The van der Waals surface area contributed by atoms with Crippen molar-refractivity contribution in [3.63, 3.8) is 0 Å². The van der Waals surface area contributed by atoms with Crippen LogP contribution in [0.15, 0.2) is 48.5 Å². The lowest BCUT2D eigenvalue weighted by Crippen LogP contribution is -2.39. The zero-order valence-corrected chi connectivity index (χ0v) is 21.4. The summed E-state index contributed by atoms with van der Waals surface area (Å²) in [7, 11) is 1.61. The lowest BCUT2D eigenvalue weighted by Gasteiger charge is -2.29. The molecule has 8 nitrogen and oxygen atoms in total. The standard InChI is InChI=1S/C28H36N4O4/c1-4-20(2)24-7-5-6-8-25(24)32-18-21(17-27(32)34)28(35)30(3)19-26(33)29-22-9-11-23(12-10-22)31-13-15-36-16-14-31/h5-12,20-21H,4,13-19H2,1-3H3,(H,29,33). The largest absolute Gasteiger partial charge is 0.378 e. The van der Waals surface area contributed by atoms with E-state index in [1.165, 1.54) is 4.90 Å². The molecule has 8 heteroatoms. The number of hydrogen-bond acceptors (Lipinski definition) is 5. The number of ether oxygens (including phenoxy) is 1. The molecule has 0 aliphatic carbocycles. The fourth-order valence-electron chi connectivity index (χ4n) is 4.86. The molecule has 2 unspecified atom stereocenters. The maximum atomic E-state index is 13.1. The second-order valence-corrected chi connectivity index (χ2v) is 9.66. The number of anilines is 3. The van der Waals surface area contributed by atoms with Gasteiger partial charge in [-0.3, -0.25) is 14.4 Å². The van der Waals surface area contributed by atoms with E-state index >= 15 is 0 Å². The lowest BCUT2D eigenvalue weighted by atomic mass is 9.96. The van der Waals surface area contributed by atoms with Gasteiger partial charge in [0.1, 0.15) is 0 Å². The van der Waals surface area contributed by atoms with E-state index < -0.39 is 5.92 Å². The number of carbonyl (C=O) groups excluding carboxylic acids is 3. The fourth-order valence-corrected chi connectivity index (χ4v) is 4.86. The van der Waals surface area contributed by atoms with Crippen molar-refractivity contribution >= 4 is 34.8 Å². The third-order valence-corrected chi connectivity index (χ3v) is 7.13. The van der Waals surface area contributed by atoms with Crippen molar-refractivity contribution < 1.29 is 19.1 Å². The summed E-state index contributed by atoms with van der Waals surface area (Å²) in [6.07, 6.45) is 1.12. The first kappa shape index (κ1) is 25.7. The van der Waals surface area contributed by atoms with Crippen LogP contribution in [0.1, 0.15) is 38.2 Å². The van der Waals surface area contributed by atoms with Gasteiger partial charge in [-0.05, 0) is 48.2 Å². The highest BCUT2D eigenvalue weighted by molar-refractivity contribution is 6.02. The van der Waals surface area contributed by atoms with Crippen molar-refractivity contribution in [2.75, 3.05) is 61.6 Å². The number of carbonyl (C=O) groups is 3. The van der Waals surface area contributed by atoms with Crippen LogP contribution in [0.4, 0.5) is 17.1 Å². The van der Waals surface area contributed by atoms with Gasteiger partial charge in [0.25, 0.3) is 0 Å². The average molecular weight is 493 g/mol. The van der Waals surface area contributed by atoms with Crippen LogP contribution in [0.3, 0.4) is 0 Å². The molecule has 0 radical (unpaired) electrons. The number of morpholine rings is 1. The molecular formula is C28H36N4O4. The fraction of sp³-hybridized carbons (Fsp3) is 0.464. The van der Waals surface area contributed by atoms with E-state index in [9.17, 15) is 14.4 Å². The number of hydrogen-bond donors (Lipinski definition) is 1. The van der Waals surface area contributed by atoms with Crippen LogP contribution < -0.4 is 15.1 Å². The molecule has 192 valence electrons. The number of benzene rings is 2. The highest BCUT2D eigenvalue weighted by atomic mass is 16.5. The smallest absolute Gasteiger partial charge is 0.243 e. The number of rotatable bonds is 8. The molecule has 2 aliphatic heterocycles. The normalized spacial score (nSPS) is 18.8. The quantitative estimate of drug-likeness (QED) is 0.610. The second kappa shape index (κ2) is 11.6. The number of amides is 3. The first-order chi connectivity index (χ1) is 17.4. The van der Waals surface area contributed by atoms with Crippen LogP contribution in [0, 0.1) is 5.92 Å². The first-order valence-corrected chi connectivity index (χ1v) is 12.7. The first-order valence-electron chi connectivity index (χ1n) is 12.7. The lowest BCUT2D eigenvalue weighted by molar-refractivity contribution is -0.137. The Kier molecular flexibility index (Phi) is 8.25. The van der Waals surface area contributed by atoms with Crippen molar-refractivity contribution in [2.45, 2.75) is 32.6 Å². The minimum Gasteiger partial charge on any atom is -0.378 e. The molecule has 0 saturated carbocycles. The van der Waals surface area contributed by atoms with Crippen molar-refractivity contribution in [1.29, 1.82) is 0 Å². The van der Waals surface area contributed by atoms with Crippen LogP contribution in [0.2, 0.25) is 0 Å². The van der Waals surface area contributed by atoms with Gasteiger partial charge in [0.2, 0.25) is 17.7 Å². The molecule has 2 atom stereocenters. The van der Waals surface area contributed by atoms with Gasteiger partial charge >= 0.3 is 0 Å². The Hall–Kier alpha value is -3.39. The number of para-hydroxylation sites is 1. The Labute approximate surface area is 213 Å². The molecule has 1 N–H and O–H groups in total. The van der Waals surface area contributed by atoms with Crippen LogP contribution in [-0.2, 0) is 19.1 Å². The Morgan fingerprint density at radius 3 is 2.50 bits per heavy atom. The number of likely N-dealkylation sites (N-methyl/N-ethyl adjacent to an activating group) is 1. The van der Waals surface area contributed by atoms with E-state index in [-0.39, 0.29) is 30.7 Å². The van der Waals surface area contributed by atoms with Crippen LogP contribution in [0.5, 0.6) is 0 Å². The summed E-state index contributed by atoms with van der Waals surface area (Å²) < 4.78 is 5.39. The maximum absolute atomic E-state index is 13.1. The van der Waals surface area contributed by atoms with Crippen molar-refractivity contribution in [1.82, 2.24) is 4.90 Å². The zero-order valence-electron chi connectivity index (χ0n) is 21.4. The molecule has 2 heterocycles. The summed E-state index contributed by atoms with van der Waals surface area (Å²) in [5.74, 6) is -0.661. The zero-order chi connectivity index (χ0) is 25.7. The summed E-state index contributed by atoms with van der Waals surface area (Å²) >= 11 is 0. The minimum absolute atomic E-state index is 0.0534. The average Bonchev–Trinajstić information content (AvgIpc) is 3.29. The Morgan fingerprint density at radius 1 is 1.11 bits per heavy atom. The van der Waals surface area contributed by atoms with E-state index in [4.69, 9.17) is 4.74 Å². The van der Waals surface area contributed by atoms with Gasteiger partial charge in [-0.2, -0.15) is 0 Å². The van der Waals surface area contributed by atoms with Gasteiger partial charge in [0.05, 0.1) is 25.7 Å². The Morgan fingerprint density at radius 2 is 1.81 bits per heavy atom. The maximum Gasteiger partial charge on any atom is 0.243 e. The van der Waals surface area contributed by atoms with Crippen molar-refractivity contribution in [2.24, 2.45) is 5.92 Å². The minimum atomic E-state index is -0.465. The van der Waals surface area contributed by atoms with E-state index in [0.717, 1.165) is 36.4 Å². The molecular weight excluding hydrogens is 456 g/mol. The summed E-state index contributed by atoms with van der Waals surface area (Å²) in [4.78, 5) is 44.0. The molecule has 2 aromatic carbocycles. The molecule has 2 aliphatic rings. The SMILES string of the molecule is CCC(C)c1ccccc1N1CC(C(=O)N(C)CC(=O)Nc2ccc(N3CCOCC3)cc2)CC1=O. The van der Waals surface area contributed by atoms with Gasteiger partial charge in [-0.15, -0.1) is 0 Å². The molecule has 0 bridgehead atoms. The second-order valence-electron chi connectivity index (χ2n) is 9.66. The molecule has 4 rings (SSSR count). The molecule has 2 fully saturated rings. The Bertz CT molecular complexity index is 1080. The topological polar surface area (TPSA) is 82.2 Å². The predicted octanol–water partition coefficient (Wildman–Crippen LogP) is 3.49. The van der Waals surface area contributed by atoms with Gasteiger partial charge in [0, 0.05) is 50.2 Å². The molecule has 0 spiro atoms. The molecule has 2 aromatic rings. The number of nitrogens with one attached hydrogen (secondary N) is 1. The van der Waals surface area contributed by atoms with Gasteiger partial charge in [-0.1, -0.05) is 32.0 Å². The molecule has 2 saturated heterocycles. The van der Waals surface area contributed by atoms with Crippen LogP contribution in [0.25, 0.3) is 0 Å². The van der Waals surface area contributed by atoms with Gasteiger partial charge in [0.15, 0.2) is 0 Å². The van der Waals surface area contributed by atoms with E-state index in [1.807, 2.05) is 42.5 Å². The third-order valence-electron chi connectivity index (χ3n) is 7.13. The summed E-state index contributed by atoms with van der Waals surface area (Å²) in [5.41, 5.74) is 3.78. The van der Waals surface area contributed by atoms with E-state index in [2.05, 4.69) is 30.1 Å². The van der Waals surface area contributed by atoms with Gasteiger partial charge in [-0.25, -0.2) is 0 Å². The summed E-state index contributed by atoms with van der Waals surface area (Å²) in [6.45, 7) is 7.66. The molecule has 36 heavy (non-hydrogen) atoms. The van der Waals surface area contributed by atoms with Crippen molar-refractivity contribution in [3.8, 4) is 0 Å². The molecule has 3 amide bonds. The third kappa shape index (κ3) is 5.87.